The second kappa shape index (κ2) is 17.7. The van der Waals surface area contributed by atoms with Gasteiger partial charge in [0.1, 0.15) is 23.0 Å². The van der Waals surface area contributed by atoms with Gasteiger partial charge in [-0.3, -0.25) is 24.3 Å². The molecular weight excluding hydrogens is 739 g/mol. The summed E-state index contributed by atoms with van der Waals surface area (Å²) < 4.78 is 3.97. The summed E-state index contributed by atoms with van der Waals surface area (Å²) in [6.45, 7) is 5.33. The van der Waals surface area contributed by atoms with E-state index in [9.17, 15) is 4.79 Å². The van der Waals surface area contributed by atoms with Crippen molar-refractivity contribution in [1.29, 1.82) is 0 Å². The Labute approximate surface area is 338 Å². The van der Waals surface area contributed by atoms with Crippen LogP contribution in [0.2, 0.25) is 0 Å². The minimum absolute atomic E-state index is 0.0454. The van der Waals surface area contributed by atoms with E-state index < -0.39 is 0 Å². The number of anilines is 3. The van der Waals surface area contributed by atoms with Crippen LogP contribution in [0.4, 0.5) is 22.1 Å². The van der Waals surface area contributed by atoms with E-state index in [4.69, 9.17) is 10.2 Å². The molecule has 14 heteroatoms. The molecule has 5 aromatic heterocycles. The molecule has 3 N–H and O–H groups in total. The van der Waals surface area contributed by atoms with Gasteiger partial charge in [0.2, 0.25) is 0 Å². The van der Waals surface area contributed by atoms with Crippen LogP contribution in [0.1, 0.15) is 72.3 Å². The van der Waals surface area contributed by atoms with Crippen LogP contribution < -0.4 is 16.0 Å². The first kappa shape index (κ1) is 38.3. The number of carbonyl (C=O) groups excluding carboxylic acids is 1. The third-order valence-corrected chi connectivity index (χ3v) is 14.4. The fraction of sp³-hybridized carbons (Fsp3) is 0.476. The summed E-state index contributed by atoms with van der Waals surface area (Å²) in [6.07, 6.45) is 14.2. The molecule has 1 saturated carbocycles. The Hall–Kier alpha value is -4.56. The molecule has 294 valence electrons. The number of urea groups is 1. The molecule has 0 aromatic carbocycles. The third kappa shape index (κ3) is 8.27. The second-order valence-corrected chi connectivity index (χ2v) is 17.6. The van der Waals surface area contributed by atoms with Gasteiger partial charge in [0.25, 0.3) is 0 Å². The summed E-state index contributed by atoms with van der Waals surface area (Å²) in [7, 11) is 4.05. The van der Waals surface area contributed by atoms with Crippen molar-refractivity contribution in [1.82, 2.24) is 39.4 Å². The topological polar surface area (TPSA) is 131 Å². The van der Waals surface area contributed by atoms with Crippen molar-refractivity contribution in [2.24, 2.45) is 25.9 Å². The fourth-order valence-electron chi connectivity index (χ4n) is 8.70. The smallest absolute Gasteiger partial charge is 0.321 e. The van der Waals surface area contributed by atoms with Gasteiger partial charge >= 0.3 is 6.03 Å². The number of hydrogen-bond acceptors (Lipinski definition) is 10. The average Bonchev–Trinajstić information content (AvgIpc) is 3.51. The van der Waals surface area contributed by atoms with Crippen LogP contribution in [0.5, 0.6) is 0 Å². The predicted molar refractivity (Wildman–Crippen MR) is 229 cm³/mol. The minimum Gasteiger partial charge on any atom is -0.369 e. The van der Waals surface area contributed by atoms with E-state index >= 15 is 0 Å². The average molecular weight is 792 g/mol. The maximum atomic E-state index is 12.8. The Morgan fingerprint density at radius 1 is 0.696 bits per heavy atom. The standard InChI is InChI=1S/C24H29N7OS.C18H24N4S/c1-16-18(7-5-11-25-16)28-24(32)31-13-8-17(9-14-31)22-20-21(19-6-3-4-10-26-19)29-30(2)23(20)27-12-15-33-22;1-22-18-15(16(21-22)14-9-5-6-10-19-14)17(23-12-11-20-18)13-7-3-2-4-8-13/h3-7,10-11,17,22,27H,8-9,12-15H2,1-2H3,(H,28,32);5-6,9-10,13,17,20H,2-4,7-8,11-12H2,1H3. The largest absolute Gasteiger partial charge is 0.369 e. The number of amides is 2. The van der Waals surface area contributed by atoms with E-state index in [2.05, 4.69) is 54.8 Å². The molecule has 4 aliphatic rings. The number of rotatable bonds is 5. The number of hydrogen-bond donors (Lipinski definition) is 3. The molecule has 56 heavy (non-hydrogen) atoms. The first-order valence-electron chi connectivity index (χ1n) is 20.1. The monoisotopic (exact) mass is 791 g/mol. The highest BCUT2D eigenvalue weighted by Crippen LogP contribution is 2.50. The van der Waals surface area contributed by atoms with E-state index in [0.29, 0.717) is 16.4 Å². The van der Waals surface area contributed by atoms with Crippen molar-refractivity contribution in [3.05, 3.63) is 83.9 Å². The Bertz CT molecular complexity index is 2070. The van der Waals surface area contributed by atoms with Crippen LogP contribution in [-0.2, 0) is 14.1 Å². The number of thioether (sulfide) groups is 2. The maximum absolute atomic E-state index is 12.8. The number of aryl methyl sites for hydroxylation is 3. The fourth-order valence-corrected chi connectivity index (χ4v) is 11.5. The predicted octanol–water partition coefficient (Wildman–Crippen LogP) is 8.59. The van der Waals surface area contributed by atoms with E-state index in [1.54, 1.807) is 6.20 Å². The summed E-state index contributed by atoms with van der Waals surface area (Å²) in [6, 6.07) is 15.8. The van der Waals surface area contributed by atoms with Crippen LogP contribution in [0.3, 0.4) is 0 Å². The zero-order valence-corrected chi connectivity index (χ0v) is 34.3. The molecule has 1 aliphatic carbocycles. The number of carbonyl (C=O) groups is 1. The number of piperidine rings is 1. The Kier molecular flexibility index (Phi) is 12.1. The van der Waals surface area contributed by atoms with Crippen molar-refractivity contribution in [3.63, 3.8) is 0 Å². The summed E-state index contributed by atoms with van der Waals surface area (Å²) in [5, 5.41) is 20.8. The first-order valence-corrected chi connectivity index (χ1v) is 22.2. The number of likely N-dealkylation sites (tertiary alicyclic amines) is 1. The molecule has 8 heterocycles. The number of aromatic nitrogens is 7. The maximum Gasteiger partial charge on any atom is 0.321 e. The van der Waals surface area contributed by atoms with Gasteiger partial charge in [-0.2, -0.15) is 33.7 Å². The van der Waals surface area contributed by atoms with Crippen LogP contribution in [-0.4, -0.2) is 83.1 Å². The molecule has 2 fully saturated rings. The lowest BCUT2D eigenvalue weighted by molar-refractivity contribution is 0.182. The Morgan fingerprint density at radius 3 is 1.75 bits per heavy atom. The Balaban J connectivity index is 0.000000168. The molecular formula is C42H53N11OS2. The van der Waals surface area contributed by atoms with Gasteiger partial charge in [0.15, 0.2) is 0 Å². The molecule has 2 atom stereocenters. The number of fused-ring (bicyclic) bond motifs is 2. The van der Waals surface area contributed by atoms with Crippen LogP contribution in [0.15, 0.2) is 67.1 Å². The quantitative estimate of drug-likeness (QED) is 0.159. The zero-order chi connectivity index (χ0) is 38.4. The molecule has 12 nitrogen and oxygen atoms in total. The van der Waals surface area contributed by atoms with Crippen LogP contribution in [0.25, 0.3) is 22.8 Å². The highest BCUT2D eigenvalue weighted by Gasteiger charge is 2.37. The number of nitrogens with one attached hydrogen (secondary N) is 3. The summed E-state index contributed by atoms with van der Waals surface area (Å²) in [4.78, 5) is 28.2. The number of nitrogens with zero attached hydrogens (tertiary/aromatic N) is 8. The van der Waals surface area contributed by atoms with Gasteiger partial charge in [0.05, 0.1) is 22.8 Å². The third-order valence-electron chi connectivity index (χ3n) is 11.5. The van der Waals surface area contributed by atoms with Gasteiger partial charge in [-0.15, -0.1) is 0 Å². The molecule has 9 rings (SSSR count). The minimum atomic E-state index is -0.0454. The van der Waals surface area contributed by atoms with Gasteiger partial charge in [-0.05, 0) is 80.8 Å². The number of pyridine rings is 3. The molecule has 0 bridgehead atoms. The highest BCUT2D eigenvalue weighted by molar-refractivity contribution is 7.99. The van der Waals surface area contributed by atoms with Crippen LogP contribution >= 0.6 is 23.5 Å². The van der Waals surface area contributed by atoms with Crippen molar-refractivity contribution >= 4 is 46.9 Å². The molecule has 2 amide bonds. The van der Waals surface area contributed by atoms with Gasteiger partial charge in [-0.1, -0.05) is 31.4 Å². The van der Waals surface area contributed by atoms with E-state index in [1.165, 1.54) is 49.0 Å². The lowest BCUT2D eigenvalue weighted by atomic mass is 9.84. The second-order valence-electron chi connectivity index (χ2n) is 15.1. The lowest BCUT2D eigenvalue weighted by Crippen LogP contribution is -2.42. The molecule has 1 saturated heterocycles. The van der Waals surface area contributed by atoms with Gasteiger partial charge < -0.3 is 20.9 Å². The van der Waals surface area contributed by atoms with E-state index in [-0.39, 0.29) is 6.03 Å². The Morgan fingerprint density at radius 2 is 1.23 bits per heavy atom. The molecule has 5 aromatic rings. The van der Waals surface area contributed by atoms with Crippen molar-refractivity contribution in [2.45, 2.75) is 62.4 Å². The summed E-state index contributed by atoms with van der Waals surface area (Å²) >= 11 is 4.11. The van der Waals surface area contributed by atoms with E-state index in [1.807, 2.05) is 95.8 Å². The SMILES string of the molecule is Cc1ncccc1NC(=O)N1CCC(C2SCCNc3c2c(-c2ccccn2)nn3C)CC1.Cn1nc(-c2ccccn2)c2c1NCCSC2C1CCCCC1. The normalized spacial score (nSPS) is 20.2. The van der Waals surface area contributed by atoms with Crippen molar-refractivity contribution in [3.8, 4) is 22.8 Å². The molecule has 0 spiro atoms. The van der Waals surface area contributed by atoms with E-state index in [0.717, 1.165) is 96.4 Å². The van der Waals surface area contributed by atoms with Gasteiger partial charge in [-0.25, -0.2) is 4.79 Å². The zero-order valence-electron chi connectivity index (χ0n) is 32.7. The molecule has 2 unspecified atom stereocenters. The van der Waals surface area contributed by atoms with Crippen molar-refractivity contribution < 1.29 is 4.79 Å². The molecule has 3 aliphatic heterocycles. The van der Waals surface area contributed by atoms with Crippen LogP contribution in [0, 0.1) is 18.8 Å². The lowest BCUT2D eigenvalue weighted by Gasteiger charge is -2.35. The van der Waals surface area contributed by atoms with Crippen molar-refractivity contribution in [2.75, 3.05) is 53.6 Å². The first-order chi connectivity index (χ1) is 27.5. The highest BCUT2D eigenvalue weighted by atomic mass is 32.2. The summed E-state index contributed by atoms with van der Waals surface area (Å²) in [5.74, 6) is 5.76. The van der Waals surface area contributed by atoms with Gasteiger partial charge in [0, 0.05) is 92.0 Å². The molecule has 0 radical (unpaired) electrons. The summed E-state index contributed by atoms with van der Waals surface area (Å²) in [5.41, 5.74) is 8.19.